The molecule has 16 heavy (non-hydrogen) atoms. The van der Waals surface area contributed by atoms with E-state index in [0.717, 1.165) is 32.6 Å². The molecule has 0 aromatic heterocycles. The average Bonchev–Trinajstić information content (AvgIpc) is 2.29. The summed E-state index contributed by atoms with van der Waals surface area (Å²) in [5.41, 5.74) is -0.917. The predicted molar refractivity (Wildman–Crippen MR) is 60.6 cm³/mol. The Morgan fingerprint density at radius 2 is 2.06 bits per heavy atom. The molecular formula is C12H20N2O2. The summed E-state index contributed by atoms with van der Waals surface area (Å²) in [6.07, 6.45) is 2.01. The van der Waals surface area contributed by atoms with Gasteiger partial charge in [-0.2, -0.15) is 5.26 Å². The van der Waals surface area contributed by atoms with Gasteiger partial charge in [0.25, 0.3) is 0 Å². The lowest BCUT2D eigenvalue weighted by Gasteiger charge is -2.30. The predicted octanol–water partition coefficient (Wildman–Crippen LogP) is 1.42. The van der Waals surface area contributed by atoms with Crippen molar-refractivity contribution < 1.29 is 9.53 Å². The summed E-state index contributed by atoms with van der Waals surface area (Å²) < 4.78 is 5.27. The van der Waals surface area contributed by atoms with Gasteiger partial charge in [0.05, 0.1) is 6.07 Å². The number of hydrogen-bond donors (Lipinski definition) is 0. The summed E-state index contributed by atoms with van der Waals surface area (Å²) in [5.74, 6) is 0.415. The van der Waals surface area contributed by atoms with Gasteiger partial charge in [-0.25, -0.2) is 0 Å². The van der Waals surface area contributed by atoms with E-state index >= 15 is 0 Å². The largest absolute Gasteiger partial charge is 0.381 e. The zero-order valence-corrected chi connectivity index (χ0v) is 10.3. The van der Waals surface area contributed by atoms with E-state index in [9.17, 15) is 4.79 Å². The highest BCUT2D eigenvalue weighted by Gasteiger charge is 2.31. The first-order chi connectivity index (χ1) is 7.47. The minimum absolute atomic E-state index is 0.0958. The molecule has 1 amide bonds. The topological polar surface area (TPSA) is 53.3 Å². The Kier molecular flexibility index (Phi) is 4.31. The fourth-order valence-electron chi connectivity index (χ4n) is 1.92. The van der Waals surface area contributed by atoms with Gasteiger partial charge in [0.1, 0.15) is 5.41 Å². The molecule has 1 rings (SSSR count). The van der Waals surface area contributed by atoms with Crippen LogP contribution in [0.3, 0.4) is 0 Å². The van der Waals surface area contributed by atoms with Gasteiger partial charge in [0, 0.05) is 26.8 Å². The van der Waals surface area contributed by atoms with Crippen LogP contribution in [-0.2, 0) is 9.53 Å². The average molecular weight is 224 g/mol. The molecule has 0 spiro atoms. The normalized spacial score (nSPS) is 17.9. The monoisotopic (exact) mass is 224 g/mol. The van der Waals surface area contributed by atoms with Crippen molar-refractivity contribution in [2.24, 2.45) is 11.3 Å². The summed E-state index contributed by atoms with van der Waals surface area (Å²) in [6, 6.07) is 2.04. The number of nitriles is 1. The molecule has 1 heterocycles. The maximum absolute atomic E-state index is 11.9. The van der Waals surface area contributed by atoms with E-state index in [0.29, 0.717) is 5.92 Å². The van der Waals surface area contributed by atoms with Gasteiger partial charge in [-0.1, -0.05) is 0 Å². The van der Waals surface area contributed by atoms with Crippen molar-refractivity contribution in [1.29, 1.82) is 5.26 Å². The number of rotatable bonds is 3. The quantitative estimate of drug-likeness (QED) is 0.728. The van der Waals surface area contributed by atoms with Crippen molar-refractivity contribution in [1.82, 2.24) is 4.90 Å². The molecule has 0 aromatic rings. The van der Waals surface area contributed by atoms with Crippen molar-refractivity contribution >= 4 is 5.91 Å². The second-order valence-corrected chi connectivity index (χ2v) is 4.98. The molecule has 0 aromatic carbocycles. The molecule has 0 atom stereocenters. The number of ether oxygens (including phenoxy) is 1. The van der Waals surface area contributed by atoms with Gasteiger partial charge in [-0.05, 0) is 32.6 Å². The number of nitrogens with zero attached hydrogens (tertiary/aromatic N) is 2. The van der Waals surface area contributed by atoms with Crippen molar-refractivity contribution in [2.45, 2.75) is 26.7 Å². The Hall–Kier alpha value is -1.08. The minimum atomic E-state index is -0.917. The number of carbonyl (C=O) groups is 1. The Morgan fingerprint density at radius 1 is 1.50 bits per heavy atom. The van der Waals surface area contributed by atoms with Crippen LogP contribution in [0.15, 0.2) is 0 Å². The van der Waals surface area contributed by atoms with E-state index in [4.69, 9.17) is 10.00 Å². The highest BCUT2D eigenvalue weighted by atomic mass is 16.5. The molecular weight excluding hydrogens is 204 g/mol. The highest BCUT2D eigenvalue weighted by molar-refractivity contribution is 5.84. The summed E-state index contributed by atoms with van der Waals surface area (Å²) in [7, 11) is 1.77. The van der Waals surface area contributed by atoms with E-state index in [1.165, 1.54) is 0 Å². The van der Waals surface area contributed by atoms with E-state index in [-0.39, 0.29) is 5.91 Å². The lowest BCUT2D eigenvalue weighted by atomic mass is 9.92. The molecule has 4 nitrogen and oxygen atoms in total. The van der Waals surface area contributed by atoms with Gasteiger partial charge in [-0.3, -0.25) is 4.79 Å². The first-order valence-electron chi connectivity index (χ1n) is 5.72. The molecule has 1 saturated heterocycles. The third-order valence-corrected chi connectivity index (χ3v) is 3.03. The van der Waals surface area contributed by atoms with Crippen LogP contribution in [0.25, 0.3) is 0 Å². The standard InChI is InChI=1S/C12H20N2O2/c1-12(2,9-13)11(15)14(3)8-10-4-6-16-7-5-10/h10H,4-8H2,1-3H3. The summed E-state index contributed by atoms with van der Waals surface area (Å²) >= 11 is 0. The first-order valence-corrected chi connectivity index (χ1v) is 5.72. The van der Waals surface area contributed by atoms with Crippen LogP contribution in [-0.4, -0.2) is 37.6 Å². The molecule has 90 valence electrons. The van der Waals surface area contributed by atoms with Crippen molar-refractivity contribution in [3.8, 4) is 6.07 Å². The van der Waals surface area contributed by atoms with E-state index < -0.39 is 5.41 Å². The third-order valence-electron chi connectivity index (χ3n) is 3.03. The molecule has 0 unspecified atom stereocenters. The summed E-state index contributed by atoms with van der Waals surface area (Å²) in [5, 5.41) is 8.90. The molecule has 0 bridgehead atoms. The van der Waals surface area contributed by atoms with Crippen molar-refractivity contribution in [3.63, 3.8) is 0 Å². The lowest BCUT2D eigenvalue weighted by molar-refractivity contribution is -0.137. The molecule has 0 N–H and O–H groups in total. The van der Waals surface area contributed by atoms with Crippen LogP contribution in [0.1, 0.15) is 26.7 Å². The fourth-order valence-corrected chi connectivity index (χ4v) is 1.92. The van der Waals surface area contributed by atoms with Crippen LogP contribution >= 0.6 is 0 Å². The highest BCUT2D eigenvalue weighted by Crippen LogP contribution is 2.20. The van der Waals surface area contributed by atoms with Gasteiger partial charge in [0.2, 0.25) is 5.91 Å². The fraction of sp³-hybridized carbons (Fsp3) is 0.833. The van der Waals surface area contributed by atoms with Crippen molar-refractivity contribution in [3.05, 3.63) is 0 Å². The molecule has 0 radical (unpaired) electrons. The molecule has 4 heteroatoms. The second-order valence-electron chi connectivity index (χ2n) is 4.98. The zero-order valence-electron chi connectivity index (χ0n) is 10.3. The zero-order chi connectivity index (χ0) is 12.2. The van der Waals surface area contributed by atoms with Crippen LogP contribution in [0.5, 0.6) is 0 Å². The van der Waals surface area contributed by atoms with Crippen molar-refractivity contribution in [2.75, 3.05) is 26.8 Å². The number of amides is 1. The van der Waals surface area contributed by atoms with Gasteiger partial charge < -0.3 is 9.64 Å². The van der Waals surface area contributed by atoms with Crippen LogP contribution in [0.4, 0.5) is 0 Å². The Bertz CT molecular complexity index is 288. The van der Waals surface area contributed by atoms with Gasteiger partial charge >= 0.3 is 0 Å². The van der Waals surface area contributed by atoms with Crippen LogP contribution in [0, 0.1) is 22.7 Å². The molecule has 1 aliphatic rings. The third kappa shape index (κ3) is 3.21. The Labute approximate surface area is 97.2 Å². The minimum Gasteiger partial charge on any atom is -0.381 e. The van der Waals surface area contributed by atoms with E-state index in [1.54, 1.807) is 25.8 Å². The van der Waals surface area contributed by atoms with Crippen LogP contribution < -0.4 is 0 Å². The van der Waals surface area contributed by atoms with Gasteiger partial charge in [-0.15, -0.1) is 0 Å². The summed E-state index contributed by atoms with van der Waals surface area (Å²) in [4.78, 5) is 13.6. The number of carbonyl (C=O) groups excluding carboxylic acids is 1. The van der Waals surface area contributed by atoms with E-state index in [1.807, 2.05) is 6.07 Å². The first kappa shape index (κ1) is 13.0. The molecule has 1 fully saturated rings. The maximum atomic E-state index is 11.9. The van der Waals surface area contributed by atoms with E-state index in [2.05, 4.69) is 0 Å². The Morgan fingerprint density at radius 3 is 2.56 bits per heavy atom. The molecule has 0 saturated carbocycles. The summed E-state index contributed by atoms with van der Waals surface area (Å²) in [6.45, 7) is 5.63. The maximum Gasteiger partial charge on any atom is 0.242 e. The molecule has 1 aliphatic heterocycles. The second kappa shape index (κ2) is 5.31. The smallest absolute Gasteiger partial charge is 0.242 e. The molecule has 0 aliphatic carbocycles. The lowest BCUT2D eigenvalue weighted by Crippen LogP contribution is -2.41. The number of hydrogen-bond acceptors (Lipinski definition) is 3. The van der Waals surface area contributed by atoms with Gasteiger partial charge in [0.15, 0.2) is 0 Å². The Balaban J connectivity index is 2.48. The SMILES string of the molecule is CN(CC1CCOCC1)C(=O)C(C)(C)C#N. The van der Waals surface area contributed by atoms with Crippen LogP contribution in [0.2, 0.25) is 0 Å².